The molecule has 0 spiro atoms. The number of aromatic amines is 1. The summed E-state index contributed by atoms with van der Waals surface area (Å²) in [6.07, 6.45) is 0.263. The lowest BCUT2D eigenvalue weighted by molar-refractivity contribution is -0.115. The Morgan fingerprint density at radius 2 is 1.70 bits per heavy atom. The molecule has 0 saturated carbocycles. The van der Waals surface area contributed by atoms with Crippen molar-refractivity contribution >= 4 is 39.2 Å². The molecule has 2 aromatic carbocycles. The number of nitrogens with zero attached hydrogens (tertiary/aromatic N) is 1. The van der Waals surface area contributed by atoms with Crippen molar-refractivity contribution in [2.75, 3.05) is 5.32 Å². The number of H-pyrrole nitrogens is 1. The number of aromatic nitrogens is 2. The number of hydrogen-bond donors (Lipinski definition) is 3. The van der Waals surface area contributed by atoms with Crippen LogP contribution < -0.4 is 10.6 Å². The highest BCUT2D eigenvalue weighted by Crippen LogP contribution is 2.31. The summed E-state index contributed by atoms with van der Waals surface area (Å²) in [6.45, 7) is 3.94. The molecule has 0 aliphatic rings. The van der Waals surface area contributed by atoms with Crippen LogP contribution in [0, 0.1) is 0 Å². The van der Waals surface area contributed by atoms with Crippen molar-refractivity contribution in [3.05, 3.63) is 82.7 Å². The van der Waals surface area contributed by atoms with Gasteiger partial charge in [0.05, 0.1) is 27.1 Å². The summed E-state index contributed by atoms with van der Waals surface area (Å²) in [5.74, 6) is 0.122. The van der Waals surface area contributed by atoms with Crippen molar-refractivity contribution < 1.29 is 9.59 Å². The molecule has 0 saturated heterocycles. The first kappa shape index (κ1) is 19.8. The largest absolute Gasteiger partial charge is 0.342 e. The molecule has 3 N–H and O–H groups in total. The average Bonchev–Trinajstić information content (AvgIpc) is 3.31. The van der Waals surface area contributed by atoms with Crippen LogP contribution in [0.5, 0.6) is 0 Å². The molecule has 7 heteroatoms. The zero-order chi connectivity index (χ0) is 21.1. The minimum Gasteiger partial charge on any atom is -0.342 e. The van der Waals surface area contributed by atoms with Crippen LogP contribution in [-0.4, -0.2) is 22.0 Å². The third-order valence-electron chi connectivity index (χ3n) is 4.85. The van der Waals surface area contributed by atoms with Gasteiger partial charge in [0.15, 0.2) is 5.82 Å². The van der Waals surface area contributed by atoms with E-state index in [1.54, 1.807) is 6.07 Å². The fraction of sp³-hybridized carbons (Fsp3) is 0.174. The molecular formula is C23H22N4O2S. The summed E-state index contributed by atoms with van der Waals surface area (Å²) >= 11 is 1.30. The lowest BCUT2D eigenvalue weighted by atomic mass is 9.94. The van der Waals surface area contributed by atoms with Gasteiger partial charge in [-0.1, -0.05) is 60.7 Å². The smallest absolute Gasteiger partial charge is 0.262 e. The maximum Gasteiger partial charge on any atom is 0.262 e. The zero-order valence-corrected chi connectivity index (χ0v) is 17.5. The predicted octanol–water partition coefficient (Wildman–Crippen LogP) is 4.47. The minimum absolute atomic E-state index is 0.154. The molecule has 2 amide bonds. The van der Waals surface area contributed by atoms with Crippen LogP contribution in [-0.2, 0) is 16.8 Å². The van der Waals surface area contributed by atoms with Gasteiger partial charge in [-0.25, -0.2) is 0 Å². The van der Waals surface area contributed by atoms with E-state index in [0.717, 1.165) is 21.3 Å². The number of thiophene rings is 1. The highest BCUT2D eigenvalue weighted by molar-refractivity contribution is 7.21. The summed E-state index contributed by atoms with van der Waals surface area (Å²) in [5, 5.41) is 13.0. The molecular weight excluding hydrogens is 396 g/mol. The molecule has 6 nitrogen and oxygen atoms in total. The van der Waals surface area contributed by atoms with Gasteiger partial charge >= 0.3 is 0 Å². The first-order valence-electron chi connectivity index (χ1n) is 9.62. The lowest BCUT2D eigenvalue weighted by Crippen LogP contribution is -2.40. The van der Waals surface area contributed by atoms with Crippen LogP contribution in [0.2, 0.25) is 0 Å². The number of anilines is 1. The van der Waals surface area contributed by atoms with Crippen molar-refractivity contribution in [3.63, 3.8) is 0 Å². The van der Waals surface area contributed by atoms with Crippen LogP contribution in [0.15, 0.2) is 66.7 Å². The van der Waals surface area contributed by atoms with Crippen molar-refractivity contribution in [1.82, 2.24) is 15.5 Å². The SMILES string of the molecule is CC(C)(NC(=O)c1cc2[nH]nc(NC(=O)Cc3ccccc3)c2s1)c1ccccc1. The standard InChI is InChI=1S/C23H22N4O2S/c1-23(2,16-11-7-4-8-12-16)25-22(29)18-14-17-20(30-18)21(27-26-17)24-19(28)13-15-9-5-3-6-10-15/h3-12,14H,13H2,1-2H3,(H,25,29)(H2,24,26,27,28). The Kier molecular flexibility index (Phi) is 5.37. The molecule has 152 valence electrons. The van der Waals surface area contributed by atoms with Gasteiger partial charge in [-0.3, -0.25) is 14.7 Å². The Morgan fingerprint density at radius 3 is 2.40 bits per heavy atom. The number of amides is 2. The van der Waals surface area contributed by atoms with Gasteiger partial charge in [0.25, 0.3) is 5.91 Å². The molecule has 0 bridgehead atoms. The Labute approximate surface area is 178 Å². The van der Waals surface area contributed by atoms with Gasteiger partial charge in [0.2, 0.25) is 5.91 Å². The van der Waals surface area contributed by atoms with E-state index < -0.39 is 5.54 Å². The van der Waals surface area contributed by atoms with Crippen LogP contribution in [0.25, 0.3) is 10.2 Å². The molecule has 0 radical (unpaired) electrons. The van der Waals surface area contributed by atoms with E-state index in [2.05, 4.69) is 20.8 Å². The van der Waals surface area contributed by atoms with Gasteiger partial charge in [-0.2, -0.15) is 5.10 Å². The fourth-order valence-corrected chi connectivity index (χ4v) is 4.19. The maximum atomic E-state index is 12.9. The van der Waals surface area contributed by atoms with Crippen LogP contribution in [0.4, 0.5) is 5.82 Å². The second-order valence-electron chi connectivity index (χ2n) is 7.58. The van der Waals surface area contributed by atoms with E-state index in [1.807, 2.05) is 74.5 Å². The Balaban J connectivity index is 1.48. The number of nitrogens with one attached hydrogen (secondary N) is 3. The quantitative estimate of drug-likeness (QED) is 0.432. The van der Waals surface area contributed by atoms with Gasteiger partial charge in [0.1, 0.15) is 0 Å². The Morgan fingerprint density at radius 1 is 1.03 bits per heavy atom. The summed E-state index contributed by atoms with van der Waals surface area (Å²) < 4.78 is 0.749. The Hall–Kier alpha value is -3.45. The molecule has 4 aromatic rings. The lowest BCUT2D eigenvalue weighted by Gasteiger charge is -2.26. The number of rotatable bonds is 6. The van der Waals surface area contributed by atoms with Crippen LogP contribution >= 0.6 is 11.3 Å². The molecule has 0 fully saturated rings. The van der Waals surface area contributed by atoms with E-state index in [-0.39, 0.29) is 18.2 Å². The van der Waals surface area contributed by atoms with E-state index in [4.69, 9.17) is 0 Å². The van der Waals surface area contributed by atoms with Gasteiger partial charge < -0.3 is 10.6 Å². The number of carbonyl (C=O) groups is 2. The van der Waals surface area contributed by atoms with Crippen LogP contribution in [0.1, 0.15) is 34.6 Å². The van der Waals surface area contributed by atoms with Crippen molar-refractivity contribution in [1.29, 1.82) is 0 Å². The topological polar surface area (TPSA) is 86.9 Å². The number of benzene rings is 2. The molecule has 0 atom stereocenters. The summed E-state index contributed by atoms with van der Waals surface area (Å²) in [5.41, 5.74) is 2.16. The monoisotopic (exact) mass is 418 g/mol. The molecule has 0 unspecified atom stereocenters. The molecule has 0 aliphatic heterocycles. The second-order valence-corrected chi connectivity index (χ2v) is 8.63. The van der Waals surface area contributed by atoms with Gasteiger partial charge in [-0.05, 0) is 31.0 Å². The highest BCUT2D eigenvalue weighted by Gasteiger charge is 2.25. The van der Waals surface area contributed by atoms with Gasteiger partial charge in [0, 0.05) is 0 Å². The normalized spacial score (nSPS) is 11.4. The fourth-order valence-electron chi connectivity index (χ4n) is 3.24. The molecule has 30 heavy (non-hydrogen) atoms. The van der Waals surface area contributed by atoms with Crippen LogP contribution in [0.3, 0.4) is 0 Å². The van der Waals surface area contributed by atoms with Gasteiger partial charge in [-0.15, -0.1) is 11.3 Å². The summed E-state index contributed by atoms with van der Waals surface area (Å²) in [4.78, 5) is 25.8. The van der Waals surface area contributed by atoms with Crippen molar-refractivity contribution in [3.8, 4) is 0 Å². The molecule has 2 heterocycles. The predicted molar refractivity (Wildman–Crippen MR) is 120 cm³/mol. The average molecular weight is 419 g/mol. The van der Waals surface area contributed by atoms with E-state index in [9.17, 15) is 9.59 Å². The zero-order valence-electron chi connectivity index (χ0n) is 16.7. The first-order chi connectivity index (χ1) is 14.4. The van der Waals surface area contributed by atoms with E-state index in [0.29, 0.717) is 10.7 Å². The number of carbonyl (C=O) groups excluding carboxylic acids is 2. The molecule has 4 rings (SSSR count). The number of fused-ring (bicyclic) bond motifs is 1. The first-order valence-corrected chi connectivity index (χ1v) is 10.4. The van der Waals surface area contributed by atoms with Crippen molar-refractivity contribution in [2.45, 2.75) is 25.8 Å². The summed E-state index contributed by atoms with van der Waals surface area (Å²) in [7, 11) is 0. The van der Waals surface area contributed by atoms with Crippen molar-refractivity contribution in [2.24, 2.45) is 0 Å². The van der Waals surface area contributed by atoms with E-state index >= 15 is 0 Å². The molecule has 2 aromatic heterocycles. The third-order valence-corrected chi connectivity index (χ3v) is 5.99. The minimum atomic E-state index is -0.513. The number of hydrogen-bond acceptors (Lipinski definition) is 4. The highest BCUT2D eigenvalue weighted by atomic mass is 32.1. The second kappa shape index (κ2) is 8.12. The molecule has 0 aliphatic carbocycles. The maximum absolute atomic E-state index is 12.9. The summed E-state index contributed by atoms with van der Waals surface area (Å²) in [6, 6.07) is 21.1. The van der Waals surface area contributed by atoms with E-state index in [1.165, 1.54) is 11.3 Å². The third kappa shape index (κ3) is 4.26. The Bertz CT molecular complexity index is 1180.